The zero-order valence-corrected chi connectivity index (χ0v) is 13.8. The van der Waals surface area contributed by atoms with Crippen LogP contribution in [0.5, 0.6) is 5.75 Å². The van der Waals surface area contributed by atoms with Crippen LogP contribution in [0.2, 0.25) is 0 Å². The molecule has 1 saturated carbocycles. The Balaban J connectivity index is 1.93. The maximum atomic E-state index is 5.25. The highest BCUT2D eigenvalue weighted by Gasteiger charge is 2.19. The Labute approximate surface area is 129 Å². The number of nitrogens with zero attached hydrogens (tertiary/aromatic N) is 1. The standard InChI is InChI=1S/C18H30N2O/c1-4-19-18(16-9-11-17(21-3)12-10-16)14-20(2)13-15-7-5-6-8-15/h9-12,15,18-19H,4-8,13-14H2,1-3H3. The number of methoxy groups -OCH3 is 1. The third kappa shape index (κ3) is 5.01. The van der Waals surface area contributed by atoms with Gasteiger partial charge in [0.15, 0.2) is 0 Å². The second-order valence-electron chi connectivity index (χ2n) is 6.26. The van der Waals surface area contributed by atoms with Crippen LogP contribution >= 0.6 is 0 Å². The minimum Gasteiger partial charge on any atom is -0.497 e. The average Bonchev–Trinajstić information content (AvgIpc) is 3.00. The summed E-state index contributed by atoms with van der Waals surface area (Å²) in [6.07, 6.45) is 5.68. The predicted octanol–water partition coefficient (Wildman–Crippen LogP) is 3.47. The second kappa shape index (κ2) is 8.40. The lowest BCUT2D eigenvalue weighted by atomic mass is 10.0. The molecule has 1 aromatic carbocycles. The molecule has 0 aromatic heterocycles. The van der Waals surface area contributed by atoms with Gasteiger partial charge >= 0.3 is 0 Å². The Hall–Kier alpha value is -1.06. The van der Waals surface area contributed by atoms with Crippen molar-refractivity contribution in [3.8, 4) is 5.75 Å². The number of nitrogens with one attached hydrogen (secondary N) is 1. The van der Waals surface area contributed by atoms with E-state index in [9.17, 15) is 0 Å². The fourth-order valence-electron chi connectivity index (χ4n) is 3.39. The van der Waals surface area contributed by atoms with Crippen LogP contribution in [-0.2, 0) is 0 Å². The molecule has 1 aliphatic rings. The number of hydrogen-bond donors (Lipinski definition) is 1. The van der Waals surface area contributed by atoms with Gasteiger partial charge in [0.2, 0.25) is 0 Å². The molecule has 0 spiro atoms. The highest BCUT2D eigenvalue weighted by Crippen LogP contribution is 2.26. The van der Waals surface area contributed by atoms with Crippen molar-refractivity contribution in [1.29, 1.82) is 0 Å². The average molecular weight is 290 g/mol. The van der Waals surface area contributed by atoms with E-state index < -0.39 is 0 Å². The summed E-state index contributed by atoms with van der Waals surface area (Å²) < 4.78 is 5.25. The van der Waals surface area contributed by atoms with Crippen LogP contribution in [0.3, 0.4) is 0 Å². The highest BCUT2D eigenvalue weighted by molar-refractivity contribution is 5.29. The summed E-state index contributed by atoms with van der Waals surface area (Å²) in [6.45, 7) is 5.47. The van der Waals surface area contributed by atoms with Crippen LogP contribution in [0.15, 0.2) is 24.3 Å². The van der Waals surface area contributed by atoms with E-state index >= 15 is 0 Å². The summed E-state index contributed by atoms with van der Waals surface area (Å²) in [5.74, 6) is 1.83. The summed E-state index contributed by atoms with van der Waals surface area (Å²) in [7, 11) is 3.97. The molecule has 3 nitrogen and oxygen atoms in total. The van der Waals surface area contributed by atoms with E-state index in [1.165, 1.54) is 37.8 Å². The van der Waals surface area contributed by atoms with Gasteiger partial charge in [-0.2, -0.15) is 0 Å². The molecule has 2 rings (SSSR count). The fourth-order valence-corrected chi connectivity index (χ4v) is 3.39. The predicted molar refractivity (Wildman–Crippen MR) is 88.9 cm³/mol. The van der Waals surface area contributed by atoms with Crippen LogP contribution in [0, 0.1) is 5.92 Å². The lowest BCUT2D eigenvalue weighted by Gasteiger charge is -2.27. The van der Waals surface area contributed by atoms with Crippen LogP contribution in [0.25, 0.3) is 0 Å². The van der Waals surface area contributed by atoms with Gasteiger partial charge in [0.25, 0.3) is 0 Å². The van der Waals surface area contributed by atoms with E-state index in [-0.39, 0.29) is 0 Å². The number of ether oxygens (including phenoxy) is 1. The first kappa shape index (κ1) is 16.3. The van der Waals surface area contributed by atoms with Crippen molar-refractivity contribution in [3.63, 3.8) is 0 Å². The molecule has 0 amide bonds. The van der Waals surface area contributed by atoms with Gasteiger partial charge in [-0.1, -0.05) is 31.9 Å². The Morgan fingerprint density at radius 2 is 1.90 bits per heavy atom. The van der Waals surface area contributed by atoms with Crippen molar-refractivity contribution < 1.29 is 4.74 Å². The van der Waals surface area contributed by atoms with E-state index in [0.717, 1.165) is 24.8 Å². The molecule has 0 heterocycles. The van der Waals surface area contributed by atoms with E-state index in [1.54, 1.807) is 7.11 Å². The molecule has 0 aliphatic heterocycles. The van der Waals surface area contributed by atoms with Gasteiger partial charge in [-0.25, -0.2) is 0 Å². The zero-order chi connectivity index (χ0) is 15.1. The van der Waals surface area contributed by atoms with Gasteiger partial charge in [-0.15, -0.1) is 0 Å². The summed E-state index contributed by atoms with van der Waals surface area (Å²) in [4.78, 5) is 2.49. The Bertz CT molecular complexity index is 398. The largest absolute Gasteiger partial charge is 0.497 e. The van der Waals surface area contributed by atoms with Gasteiger partial charge in [-0.3, -0.25) is 0 Å². The second-order valence-corrected chi connectivity index (χ2v) is 6.26. The maximum Gasteiger partial charge on any atom is 0.118 e. The topological polar surface area (TPSA) is 24.5 Å². The minimum absolute atomic E-state index is 0.396. The normalized spacial score (nSPS) is 17.3. The van der Waals surface area contributed by atoms with Crippen LogP contribution in [0.4, 0.5) is 0 Å². The Morgan fingerprint density at radius 1 is 1.24 bits per heavy atom. The molecule has 1 aliphatic carbocycles. The van der Waals surface area contributed by atoms with Crippen molar-refractivity contribution in [2.45, 2.75) is 38.6 Å². The smallest absolute Gasteiger partial charge is 0.118 e. The lowest BCUT2D eigenvalue weighted by molar-refractivity contribution is 0.250. The van der Waals surface area contributed by atoms with Crippen molar-refractivity contribution in [3.05, 3.63) is 29.8 Å². The summed E-state index contributed by atoms with van der Waals surface area (Å²) >= 11 is 0. The summed E-state index contributed by atoms with van der Waals surface area (Å²) in [5, 5.41) is 3.61. The lowest BCUT2D eigenvalue weighted by Crippen LogP contribution is -2.35. The van der Waals surface area contributed by atoms with Gasteiger partial charge in [0.1, 0.15) is 5.75 Å². The van der Waals surface area contributed by atoms with Gasteiger partial charge in [-0.05, 0) is 50.0 Å². The van der Waals surface area contributed by atoms with Gasteiger partial charge in [0.05, 0.1) is 7.11 Å². The van der Waals surface area contributed by atoms with Crippen LogP contribution < -0.4 is 10.1 Å². The third-order valence-corrected chi connectivity index (χ3v) is 4.51. The Kier molecular flexibility index (Phi) is 6.52. The van der Waals surface area contributed by atoms with Crippen LogP contribution in [0.1, 0.15) is 44.2 Å². The molecule has 0 radical (unpaired) electrons. The third-order valence-electron chi connectivity index (χ3n) is 4.51. The molecular formula is C18H30N2O. The first-order chi connectivity index (χ1) is 10.2. The van der Waals surface area contributed by atoms with E-state index in [1.807, 2.05) is 0 Å². The van der Waals surface area contributed by atoms with Crippen molar-refractivity contribution >= 4 is 0 Å². The maximum absolute atomic E-state index is 5.25. The first-order valence-corrected chi connectivity index (χ1v) is 8.28. The molecule has 1 unspecified atom stereocenters. The van der Waals surface area contributed by atoms with E-state index in [0.29, 0.717) is 6.04 Å². The van der Waals surface area contributed by atoms with Gasteiger partial charge in [0, 0.05) is 19.1 Å². The molecule has 0 saturated heterocycles. The van der Waals surface area contributed by atoms with Crippen molar-refractivity contribution in [2.75, 3.05) is 33.8 Å². The SMILES string of the molecule is CCNC(CN(C)CC1CCCC1)c1ccc(OC)cc1. The zero-order valence-electron chi connectivity index (χ0n) is 13.8. The van der Waals surface area contributed by atoms with Gasteiger partial charge < -0.3 is 15.0 Å². The Morgan fingerprint density at radius 3 is 2.48 bits per heavy atom. The van der Waals surface area contributed by atoms with Crippen molar-refractivity contribution in [1.82, 2.24) is 10.2 Å². The molecule has 1 aromatic rings. The summed E-state index contributed by atoms with van der Waals surface area (Å²) in [5.41, 5.74) is 1.34. The number of likely N-dealkylation sites (N-methyl/N-ethyl adjacent to an activating group) is 2. The molecular weight excluding hydrogens is 260 g/mol. The monoisotopic (exact) mass is 290 g/mol. The highest BCUT2D eigenvalue weighted by atomic mass is 16.5. The molecule has 1 N–H and O–H groups in total. The quantitative estimate of drug-likeness (QED) is 0.793. The van der Waals surface area contributed by atoms with Crippen molar-refractivity contribution in [2.24, 2.45) is 5.92 Å². The molecule has 1 atom stereocenters. The number of rotatable bonds is 8. The number of hydrogen-bond acceptors (Lipinski definition) is 3. The molecule has 0 bridgehead atoms. The molecule has 1 fully saturated rings. The van der Waals surface area contributed by atoms with E-state index in [2.05, 4.69) is 48.5 Å². The fraction of sp³-hybridized carbons (Fsp3) is 0.667. The first-order valence-electron chi connectivity index (χ1n) is 8.28. The minimum atomic E-state index is 0.396. The van der Waals surface area contributed by atoms with E-state index in [4.69, 9.17) is 4.74 Å². The molecule has 118 valence electrons. The number of benzene rings is 1. The summed E-state index contributed by atoms with van der Waals surface area (Å²) in [6, 6.07) is 8.85. The molecule has 3 heteroatoms. The molecule has 21 heavy (non-hydrogen) atoms. The van der Waals surface area contributed by atoms with Crippen LogP contribution in [-0.4, -0.2) is 38.7 Å².